The van der Waals surface area contributed by atoms with Crippen molar-refractivity contribution < 1.29 is 4.79 Å². The summed E-state index contributed by atoms with van der Waals surface area (Å²) in [5, 5.41) is 8.87. The minimum Gasteiger partial charge on any atom is -0.303 e. The monoisotopic (exact) mass is 219 g/mol. The zero-order chi connectivity index (χ0) is 11.4. The highest BCUT2D eigenvalue weighted by Crippen LogP contribution is 2.40. The fourth-order valence-corrected chi connectivity index (χ4v) is 3.47. The molecule has 2 heteroatoms. The number of carbonyl (C=O) groups excluding carboxylic acids is 1. The minimum atomic E-state index is 0.322. The Labute approximate surface area is 98.0 Å². The van der Waals surface area contributed by atoms with E-state index in [-0.39, 0.29) is 0 Å². The topological polar surface area (TPSA) is 40.9 Å². The van der Waals surface area contributed by atoms with Gasteiger partial charge in [0, 0.05) is 11.8 Å². The zero-order valence-corrected chi connectivity index (χ0v) is 9.90. The van der Waals surface area contributed by atoms with Crippen LogP contribution in [-0.4, -0.2) is 6.29 Å². The summed E-state index contributed by atoms with van der Waals surface area (Å²) in [4.78, 5) is 10.7. The SMILES string of the molecule is N#CC1CCC(C2CCC(C=O)CC2)CC1. The van der Waals surface area contributed by atoms with Crippen molar-refractivity contribution in [1.29, 1.82) is 5.26 Å². The molecule has 88 valence electrons. The molecule has 2 fully saturated rings. The molecule has 0 amide bonds. The Morgan fingerprint density at radius 1 is 0.875 bits per heavy atom. The van der Waals surface area contributed by atoms with Gasteiger partial charge in [-0.05, 0) is 63.2 Å². The third-order valence-corrected chi connectivity index (χ3v) is 4.63. The van der Waals surface area contributed by atoms with Crippen LogP contribution in [-0.2, 0) is 4.79 Å². The van der Waals surface area contributed by atoms with Gasteiger partial charge in [0.15, 0.2) is 0 Å². The Balaban J connectivity index is 1.78. The lowest BCUT2D eigenvalue weighted by Gasteiger charge is -2.35. The van der Waals surface area contributed by atoms with Gasteiger partial charge in [-0.1, -0.05) is 0 Å². The summed E-state index contributed by atoms with van der Waals surface area (Å²) in [6, 6.07) is 2.40. The van der Waals surface area contributed by atoms with Crippen LogP contribution in [0.3, 0.4) is 0 Å². The molecule has 0 radical (unpaired) electrons. The molecule has 0 aromatic heterocycles. The highest BCUT2D eigenvalue weighted by atomic mass is 16.1. The van der Waals surface area contributed by atoms with Crippen molar-refractivity contribution in [2.24, 2.45) is 23.7 Å². The van der Waals surface area contributed by atoms with E-state index in [0.29, 0.717) is 11.8 Å². The summed E-state index contributed by atoms with van der Waals surface area (Å²) in [6.07, 6.45) is 10.5. The molecule has 0 heterocycles. The van der Waals surface area contributed by atoms with Crippen LogP contribution in [0.15, 0.2) is 0 Å². The fourth-order valence-electron chi connectivity index (χ4n) is 3.47. The summed E-state index contributed by atoms with van der Waals surface area (Å²) in [7, 11) is 0. The first-order valence-electron chi connectivity index (χ1n) is 6.68. The maximum Gasteiger partial charge on any atom is 0.123 e. The van der Waals surface area contributed by atoms with Crippen molar-refractivity contribution >= 4 is 6.29 Å². The van der Waals surface area contributed by atoms with Crippen LogP contribution >= 0.6 is 0 Å². The number of hydrogen-bond donors (Lipinski definition) is 0. The molecule has 0 aliphatic heterocycles. The van der Waals surface area contributed by atoms with Gasteiger partial charge in [-0.2, -0.15) is 5.26 Å². The highest BCUT2D eigenvalue weighted by molar-refractivity contribution is 5.53. The van der Waals surface area contributed by atoms with Crippen molar-refractivity contribution in [3.8, 4) is 6.07 Å². The summed E-state index contributed by atoms with van der Waals surface area (Å²) in [5.41, 5.74) is 0. The highest BCUT2D eigenvalue weighted by Gasteiger charge is 2.30. The number of carbonyl (C=O) groups is 1. The normalized spacial score (nSPS) is 39.9. The molecule has 0 atom stereocenters. The van der Waals surface area contributed by atoms with E-state index in [1.807, 2.05) is 0 Å². The largest absolute Gasteiger partial charge is 0.303 e. The lowest BCUT2D eigenvalue weighted by molar-refractivity contribution is -0.112. The lowest BCUT2D eigenvalue weighted by atomic mass is 9.69. The van der Waals surface area contributed by atoms with Gasteiger partial charge in [0.25, 0.3) is 0 Å². The van der Waals surface area contributed by atoms with Crippen molar-refractivity contribution in [3.63, 3.8) is 0 Å². The molecule has 2 nitrogen and oxygen atoms in total. The van der Waals surface area contributed by atoms with E-state index in [0.717, 1.165) is 43.8 Å². The van der Waals surface area contributed by atoms with Crippen molar-refractivity contribution in [2.45, 2.75) is 51.4 Å². The first-order chi connectivity index (χ1) is 7.83. The molecule has 0 aromatic carbocycles. The van der Waals surface area contributed by atoms with Gasteiger partial charge in [0.1, 0.15) is 6.29 Å². The Kier molecular flexibility index (Phi) is 3.98. The van der Waals surface area contributed by atoms with Gasteiger partial charge in [-0.3, -0.25) is 0 Å². The van der Waals surface area contributed by atoms with Crippen molar-refractivity contribution in [2.75, 3.05) is 0 Å². The van der Waals surface area contributed by atoms with Crippen LogP contribution in [0.1, 0.15) is 51.4 Å². The molecule has 0 bridgehead atoms. The van der Waals surface area contributed by atoms with Crippen LogP contribution < -0.4 is 0 Å². The van der Waals surface area contributed by atoms with Gasteiger partial charge < -0.3 is 4.79 Å². The van der Waals surface area contributed by atoms with E-state index in [2.05, 4.69) is 6.07 Å². The van der Waals surface area contributed by atoms with E-state index in [4.69, 9.17) is 5.26 Å². The van der Waals surface area contributed by atoms with Gasteiger partial charge in [0.05, 0.1) is 6.07 Å². The molecule has 2 rings (SSSR count). The van der Waals surface area contributed by atoms with Gasteiger partial charge >= 0.3 is 0 Å². The second-order valence-electron chi connectivity index (χ2n) is 5.55. The third kappa shape index (κ3) is 2.64. The van der Waals surface area contributed by atoms with Crippen molar-refractivity contribution in [1.82, 2.24) is 0 Å². The maximum absolute atomic E-state index is 10.7. The summed E-state index contributed by atoms with van der Waals surface area (Å²) < 4.78 is 0. The molecule has 0 aromatic rings. The second-order valence-corrected chi connectivity index (χ2v) is 5.55. The number of hydrogen-bond acceptors (Lipinski definition) is 2. The van der Waals surface area contributed by atoms with E-state index in [1.54, 1.807) is 0 Å². The van der Waals surface area contributed by atoms with Crippen LogP contribution in [0, 0.1) is 35.0 Å². The van der Waals surface area contributed by atoms with Gasteiger partial charge in [-0.15, -0.1) is 0 Å². The smallest absolute Gasteiger partial charge is 0.123 e. The number of aldehydes is 1. The van der Waals surface area contributed by atoms with Crippen LogP contribution in [0.2, 0.25) is 0 Å². The predicted molar refractivity (Wildman–Crippen MR) is 62.6 cm³/mol. The summed E-state index contributed by atoms with van der Waals surface area (Å²) in [5.74, 6) is 2.35. The Morgan fingerprint density at radius 2 is 1.38 bits per heavy atom. The first-order valence-corrected chi connectivity index (χ1v) is 6.68. The number of nitriles is 1. The molecule has 2 aliphatic carbocycles. The van der Waals surface area contributed by atoms with E-state index in [9.17, 15) is 4.79 Å². The molecule has 2 aliphatic rings. The molecular formula is C14H21NO. The molecule has 0 spiro atoms. The zero-order valence-electron chi connectivity index (χ0n) is 9.90. The quantitative estimate of drug-likeness (QED) is 0.668. The van der Waals surface area contributed by atoms with Crippen LogP contribution in [0.5, 0.6) is 0 Å². The standard InChI is InChI=1S/C14H21NO/c15-9-11-1-5-13(6-2-11)14-7-3-12(10-16)4-8-14/h10-14H,1-8H2. The Morgan fingerprint density at radius 3 is 1.81 bits per heavy atom. The third-order valence-electron chi connectivity index (χ3n) is 4.63. The van der Waals surface area contributed by atoms with Crippen molar-refractivity contribution in [3.05, 3.63) is 0 Å². The molecule has 0 N–H and O–H groups in total. The van der Waals surface area contributed by atoms with Crippen LogP contribution in [0.25, 0.3) is 0 Å². The van der Waals surface area contributed by atoms with Crippen LogP contribution in [0.4, 0.5) is 0 Å². The van der Waals surface area contributed by atoms with Gasteiger partial charge in [0.2, 0.25) is 0 Å². The van der Waals surface area contributed by atoms with E-state index >= 15 is 0 Å². The molecule has 0 unspecified atom stereocenters. The molecule has 16 heavy (non-hydrogen) atoms. The van der Waals surface area contributed by atoms with E-state index in [1.165, 1.54) is 25.7 Å². The number of nitrogens with zero attached hydrogens (tertiary/aromatic N) is 1. The average Bonchev–Trinajstić information content (AvgIpc) is 2.39. The fraction of sp³-hybridized carbons (Fsp3) is 0.857. The predicted octanol–water partition coefficient (Wildman–Crippen LogP) is 3.32. The molecule has 0 saturated heterocycles. The minimum absolute atomic E-state index is 0.322. The summed E-state index contributed by atoms with van der Waals surface area (Å²) in [6.45, 7) is 0. The summed E-state index contributed by atoms with van der Waals surface area (Å²) >= 11 is 0. The average molecular weight is 219 g/mol. The molecule has 2 saturated carbocycles. The van der Waals surface area contributed by atoms with Gasteiger partial charge in [-0.25, -0.2) is 0 Å². The second kappa shape index (κ2) is 5.48. The Hall–Kier alpha value is -0.840. The number of rotatable bonds is 2. The van der Waals surface area contributed by atoms with E-state index < -0.39 is 0 Å². The molecular weight excluding hydrogens is 198 g/mol. The lowest BCUT2D eigenvalue weighted by Crippen LogP contribution is -2.25. The maximum atomic E-state index is 10.7. The first kappa shape index (κ1) is 11.6. The Bertz CT molecular complexity index is 265.